The quantitative estimate of drug-likeness (QED) is 0.105. The van der Waals surface area contributed by atoms with Crippen LogP contribution in [0.2, 0.25) is 0 Å². The number of aliphatic imine (C=N–C) groups is 1. The van der Waals surface area contributed by atoms with E-state index in [1.807, 2.05) is 24.3 Å². The summed E-state index contributed by atoms with van der Waals surface area (Å²) < 4.78 is 6.32. The van der Waals surface area contributed by atoms with Gasteiger partial charge in [-0.25, -0.2) is 0 Å². The normalized spacial score (nSPS) is 13.7. The number of nitrogens with zero attached hydrogens (tertiary/aromatic N) is 3. The molecular weight excluding hydrogens is 695 g/mol. The van der Waals surface area contributed by atoms with Crippen molar-refractivity contribution < 1.29 is 24.5 Å². The van der Waals surface area contributed by atoms with Crippen molar-refractivity contribution in [3.8, 4) is 22.6 Å². The monoisotopic (exact) mass is 736 g/mol. The average Bonchev–Trinajstić information content (AvgIpc) is 3.42. The molecule has 0 N–H and O–H groups in total. The molecular formula is C37H41IrN3O-2. The Morgan fingerprint density at radius 2 is 1.57 bits per heavy atom. The van der Waals surface area contributed by atoms with Gasteiger partial charge in [0.25, 0.3) is 0 Å². The van der Waals surface area contributed by atoms with Gasteiger partial charge in [0.15, 0.2) is 0 Å². The van der Waals surface area contributed by atoms with E-state index in [1.54, 1.807) is 0 Å². The van der Waals surface area contributed by atoms with Crippen LogP contribution < -0.4 is 0 Å². The number of fused-ring (bicyclic) bond motifs is 6. The minimum atomic E-state index is -0.189. The number of hydrogen-bond donors (Lipinski definition) is 0. The van der Waals surface area contributed by atoms with Crippen molar-refractivity contribution in [2.45, 2.75) is 79.8 Å². The topological polar surface area (TPSA) is 52.5 Å². The Morgan fingerprint density at radius 3 is 2.24 bits per heavy atom. The Kier molecular flexibility index (Phi) is 9.45. The third-order valence-electron chi connectivity index (χ3n) is 7.56. The number of rotatable bonds is 4. The molecule has 3 aromatic carbocycles. The number of furan rings is 1. The number of pyridine rings is 1. The molecule has 0 saturated carbocycles. The predicted molar refractivity (Wildman–Crippen MR) is 174 cm³/mol. The van der Waals surface area contributed by atoms with Crippen LogP contribution in [0.4, 0.5) is 0 Å². The first-order chi connectivity index (χ1) is 19.5. The van der Waals surface area contributed by atoms with Gasteiger partial charge in [0.1, 0.15) is 11.3 Å². The maximum absolute atomic E-state index is 6.32. The molecule has 6 rings (SSSR count). The summed E-state index contributed by atoms with van der Waals surface area (Å²) in [6.07, 6.45) is 0. The number of para-hydroxylation sites is 2. The number of benzene rings is 3. The first-order valence-electron chi connectivity index (χ1n) is 14.7. The molecule has 0 atom stereocenters. The first kappa shape index (κ1) is 31.7. The molecule has 42 heavy (non-hydrogen) atoms. The van der Waals surface area contributed by atoms with Crippen LogP contribution in [-0.2, 0) is 25.5 Å². The summed E-state index contributed by atoms with van der Waals surface area (Å²) in [6, 6.07) is 27.2. The van der Waals surface area contributed by atoms with E-state index in [1.165, 1.54) is 27.5 Å². The number of aromatic nitrogens is 1. The average molecular weight is 736 g/mol. The van der Waals surface area contributed by atoms with E-state index in [9.17, 15) is 0 Å². The van der Waals surface area contributed by atoms with E-state index in [2.05, 4.69) is 121 Å². The second kappa shape index (κ2) is 12.5. The number of hydrogen-bond acceptors (Lipinski definition) is 3. The van der Waals surface area contributed by atoms with Crippen LogP contribution in [0.1, 0.15) is 72.1 Å². The summed E-state index contributed by atoms with van der Waals surface area (Å²) in [6.45, 7) is 19.3. The van der Waals surface area contributed by atoms with Crippen LogP contribution in [0.3, 0.4) is 0 Å². The fourth-order valence-corrected chi connectivity index (χ4v) is 5.86. The third-order valence-corrected chi connectivity index (χ3v) is 7.56. The third kappa shape index (κ3) is 5.96. The van der Waals surface area contributed by atoms with Gasteiger partial charge in [-0.05, 0) is 53.7 Å². The molecule has 0 saturated heterocycles. The van der Waals surface area contributed by atoms with E-state index in [-0.39, 0.29) is 25.5 Å². The van der Waals surface area contributed by atoms with Crippen molar-refractivity contribution in [3.05, 3.63) is 94.8 Å². The van der Waals surface area contributed by atoms with Crippen molar-refractivity contribution >= 4 is 27.7 Å². The number of amidine groups is 1. The molecule has 5 aromatic rings. The SMILES string of the molecule is CC(C)N=C([N-]C(C)C)C(C)C.Cc1cc(-c2[c-]ccc3c2C(C)(C)c2c-3oc3ccccc23)nc2ccccc12.[Ir]. The van der Waals surface area contributed by atoms with Gasteiger partial charge in [-0.2, -0.15) is 0 Å². The molecule has 0 spiro atoms. The molecule has 2 heterocycles. The van der Waals surface area contributed by atoms with E-state index in [0.29, 0.717) is 18.0 Å². The zero-order valence-electron chi connectivity index (χ0n) is 26.2. The van der Waals surface area contributed by atoms with Crippen LogP contribution >= 0.6 is 0 Å². The molecule has 0 bridgehead atoms. The standard InChI is InChI=1S/C27H20NO.C10H21N2.Ir/c1-16-15-22(28-21-13-6-4-9-17(16)21)18-11-8-12-20-24(18)27(2,3)25-19-10-5-7-14-23(19)29-26(20)25;1-7(2)10(11-8(3)4)12-9(5)6;/h4-10,12-15H,1-3H3;7-9H,1-6H3;/q2*-1;. The van der Waals surface area contributed by atoms with Crippen LogP contribution in [0.5, 0.6) is 0 Å². The summed E-state index contributed by atoms with van der Waals surface area (Å²) in [5.41, 5.74) is 8.72. The molecule has 221 valence electrons. The molecule has 1 aliphatic rings. The Labute approximate surface area is 264 Å². The summed E-state index contributed by atoms with van der Waals surface area (Å²) in [7, 11) is 0. The second-order valence-electron chi connectivity index (χ2n) is 12.4. The summed E-state index contributed by atoms with van der Waals surface area (Å²) in [5, 5.41) is 6.85. The predicted octanol–water partition coefficient (Wildman–Crippen LogP) is 10.3. The van der Waals surface area contributed by atoms with Gasteiger partial charge in [-0.3, -0.25) is 4.98 Å². The summed E-state index contributed by atoms with van der Waals surface area (Å²) in [5.74, 6) is 2.42. The Hall–Kier alpha value is -3.27. The fourth-order valence-electron chi connectivity index (χ4n) is 5.86. The van der Waals surface area contributed by atoms with Crippen LogP contribution in [-0.4, -0.2) is 22.9 Å². The minimum Gasteiger partial charge on any atom is -0.466 e. The van der Waals surface area contributed by atoms with E-state index < -0.39 is 0 Å². The Balaban J connectivity index is 0.000000268. The van der Waals surface area contributed by atoms with Crippen molar-refractivity contribution in [3.63, 3.8) is 0 Å². The molecule has 4 nitrogen and oxygen atoms in total. The van der Waals surface area contributed by atoms with Gasteiger partial charge >= 0.3 is 0 Å². The maximum Gasteiger partial charge on any atom is 0.135 e. The second-order valence-corrected chi connectivity index (χ2v) is 12.4. The largest absolute Gasteiger partial charge is 0.466 e. The first-order valence-corrected chi connectivity index (χ1v) is 14.7. The van der Waals surface area contributed by atoms with Gasteiger partial charge in [0.05, 0.1) is 5.52 Å². The van der Waals surface area contributed by atoms with Crippen molar-refractivity contribution in [1.29, 1.82) is 0 Å². The molecule has 0 fully saturated rings. The van der Waals surface area contributed by atoms with Crippen molar-refractivity contribution in [2.24, 2.45) is 10.9 Å². The molecule has 0 aliphatic heterocycles. The molecule has 2 aromatic heterocycles. The maximum atomic E-state index is 6.32. The van der Waals surface area contributed by atoms with Gasteiger partial charge in [0.2, 0.25) is 0 Å². The number of aryl methyl sites for hydroxylation is 1. The fraction of sp³-hybridized carbons (Fsp3) is 0.351. The summed E-state index contributed by atoms with van der Waals surface area (Å²) in [4.78, 5) is 9.46. The van der Waals surface area contributed by atoms with Crippen LogP contribution in [0.25, 0.3) is 49.8 Å². The molecule has 1 aliphatic carbocycles. The molecule has 0 amide bonds. The van der Waals surface area contributed by atoms with Crippen molar-refractivity contribution in [2.75, 3.05) is 0 Å². The Bertz CT molecular complexity index is 1740. The van der Waals surface area contributed by atoms with E-state index in [4.69, 9.17) is 9.40 Å². The molecule has 0 unspecified atom stereocenters. The van der Waals surface area contributed by atoms with E-state index >= 15 is 0 Å². The van der Waals surface area contributed by atoms with Crippen LogP contribution in [0, 0.1) is 18.9 Å². The zero-order chi connectivity index (χ0) is 29.5. The van der Waals surface area contributed by atoms with Gasteiger partial charge in [0, 0.05) is 36.4 Å². The van der Waals surface area contributed by atoms with Gasteiger partial charge < -0.3 is 14.7 Å². The minimum absolute atomic E-state index is 0. The molecule has 5 heteroatoms. The van der Waals surface area contributed by atoms with Crippen molar-refractivity contribution in [1.82, 2.24) is 4.98 Å². The van der Waals surface area contributed by atoms with Gasteiger partial charge in [-0.1, -0.05) is 109 Å². The summed E-state index contributed by atoms with van der Waals surface area (Å²) >= 11 is 0. The zero-order valence-corrected chi connectivity index (χ0v) is 28.6. The van der Waals surface area contributed by atoms with Gasteiger partial charge in [-0.15, -0.1) is 29.3 Å². The molecule has 1 radical (unpaired) electrons. The van der Waals surface area contributed by atoms with E-state index in [0.717, 1.165) is 39.5 Å². The van der Waals surface area contributed by atoms with Crippen LogP contribution in [0.15, 0.2) is 76.1 Å². The smallest absolute Gasteiger partial charge is 0.135 e. The Morgan fingerprint density at radius 1 is 0.905 bits per heavy atom.